The summed E-state index contributed by atoms with van der Waals surface area (Å²) in [6.07, 6.45) is 3.83. The van der Waals surface area contributed by atoms with Gasteiger partial charge in [-0.2, -0.15) is 0 Å². The van der Waals surface area contributed by atoms with E-state index in [-0.39, 0.29) is 0 Å². The first-order valence-electron chi connectivity index (χ1n) is 7.03. The van der Waals surface area contributed by atoms with E-state index < -0.39 is 0 Å². The van der Waals surface area contributed by atoms with Crippen molar-refractivity contribution >= 4 is 0 Å². The summed E-state index contributed by atoms with van der Waals surface area (Å²) in [4.78, 5) is 0. The number of hydrogen-bond acceptors (Lipinski definition) is 2. The highest BCUT2D eigenvalue weighted by atomic mass is 16.3. The summed E-state index contributed by atoms with van der Waals surface area (Å²) >= 11 is 0. The monoisotopic (exact) mass is 257 g/mol. The molecule has 1 aromatic carbocycles. The smallest absolute Gasteiger partial charge is 0.104 e. The molecule has 1 aromatic heterocycles. The summed E-state index contributed by atoms with van der Waals surface area (Å²) in [7, 11) is 0. The van der Waals surface area contributed by atoms with E-state index in [1.807, 2.05) is 6.07 Å². The third kappa shape index (κ3) is 4.92. The Balaban J connectivity index is 1.97. The SMILES string of the molecule is CC(C)NCC(Cc1ccccc1)Cc1ccco1. The zero-order chi connectivity index (χ0) is 13.5. The first kappa shape index (κ1) is 13.9. The van der Waals surface area contributed by atoms with E-state index in [0.29, 0.717) is 12.0 Å². The van der Waals surface area contributed by atoms with Crippen molar-refractivity contribution in [1.82, 2.24) is 5.32 Å². The fraction of sp³-hybridized carbons (Fsp3) is 0.412. The van der Waals surface area contributed by atoms with Gasteiger partial charge >= 0.3 is 0 Å². The standard InChI is InChI=1S/C17H23NO/c1-14(2)18-13-16(12-17-9-6-10-19-17)11-15-7-4-3-5-8-15/h3-10,14,16,18H,11-13H2,1-2H3. The minimum absolute atomic E-state index is 0.523. The molecule has 0 bridgehead atoms. The van der Waals surface area contributed by atoms with Gasteiger partial charge in [-0.3, -0.25) is 0 Å². The minimum atomic E-state index is 0.523. The van der Waals surface area contributed by atoms with Crippen molar-refractivity contribution < 1.29 is 4.42 Å². The van der Waals surface area contributed by atoms with E-state index in [4.69, 9.17) is 4.42 Å². The Bertz CT molecular complexity index is 447. The van der Waals surface area contributed by atoms with Gasteiger partial charge in [0.25, 0.3) is 0 Å². The molecular formula is C17H23NO. The second-order valence-corrected chi connectivity index (χ2v) is 5.40. The van der Waals surface area contributed by atoms with Crippen molar-refractivity contribution in [3.8, 4) is 0 Å². The Morgan fingerprint density at radius 2 is 1.79 bits per heavy atom. The van der Waals surface area contributed by atoms with Crippen LogP contribution >= 0.6 is 0 Å². The highest BCUT2D eigenvalue weighted by Gasteiger charge is 2.12. The number of rotatable bonds is 7. The van der Waals surface area contributed by atoms with Crippen molar-refractivity contribution in [3.63, 3.8) is 0 Å². The molecule has 1 N–H and O–H groups in total. The van der Waals surface area contributed by atoms with Crippen LogP contribution in [0.3, 0.4) is 0 Å². The van der Waals surface area contributed by atoms with Crippen LogP contribution in [0, 0.1) is 5.92 Å². The quantitative estimate of drug-likeness (QED) is 0.818. The molecule has 0 aliphatic heterocycles. The van der Waals surface area contributed by atoms with Crippen LogP contribution in [0.25, 0.3) is 0 Å². The van der Waals surface area contributed by atoms with Gasteiger partial charge in [0.05, 0.1) is 6.26 Å². The second-order valence-electron chi connectivity index (χ2n) is 5.40. The molecule has 102 valence electrons. The van der Waals surface area contributed by atoms with Crippen LogP contribution in [0.2, 0.25) is 0 Å². The Morgan fingerprint density at radius 1 is 1.00 bits per heavy atom. The largest absolute Gasteiger partial charge is 0.469 e. The summed E-state index contributed by atoms with van der Waals surface area (Å²) in [6, 6.07) is 15.2. The first-order valence-corrected chi connectivity index (χ1v) is 7.03. The fourth-order valence-electron chi connectivity index (χ4n) is 2.28. The van der Waals surface area contributed by atoms with Crippen LogP contribution in [0.5, 0.6) is 0 Å². The molecule has 2 aromatic rings. The van der Waals surface area contributed by atoms with Crippen molar-refractivity contribution in [2.24, 2.45) is 5.92 Å². The molecular weight excluding hydrogens is 234 g/mol. The van der Waals surface area contributed by atoms with E-state index in [2.05, 4.69) is 55.6 Å². The van der Waals surface area contributed by atoms with Crippen LogP contribution in [0.1, 0.15) is 25.2 Å². The lowest BCUT2D eigenvalue weighted by Gasteiger charge is -2.18. The topological polar surface area (TPSA) is 25.2 Å². The summed E-state index contributed by atoms with van der Waals surface area (Å²) in [5.74, 6) is 1.64. The summed E-state index contributed by atoms with van der Waals surface area (Å²) in [6.45, 7) is 5.40. The predicted molar refractivity (Wildman–Crippen MR) is 79.2 cm³/mol. The maximum Gasteiger partial charge on any atom is 0.104 e. The van der Waals surface area contributed by atoms with E-state index in [1.54, 1.807) is 6.26 Å². The van der Waals surface area contributed by atoms with Crippen LogP contribution in [0.4, 0.5) is 0 Å². The molecule has 0 aliphatic carbocycles. The van der Waals surface area contributed by atoms with Crippen LogP contribution in [-0.2, 0) is 12.8 Å². The van der Waals surface area contributed by atoms with Gasteiger partial charge in [-0.15, -0.1) is 0 Å². The highest BCUT2D eigenvalue weighted by Crippen LogP contribution is 2.15. The number of benzene rings is 1. The Morgan fingerprint density at radius 3 is 2.42 bits per heavy atom. The average molecular weight is 257 g/mol. The molecule has 2 rings (SSSR count). The van der Waals surface area contributed by atoms with Gasteiger partial charge in [0.1, 0.15) is 5.76 Å². The van der Waals surface area contributed by atoms with Crippen LogP contribution < -0.4 is 5.32 Å². The van der Waals surface area contributed by atoms with E-state index in [0.717, 1.165) is 25.1 Å². The van der Waals surface area contributed by atoms with Gasteiger partial charge < -0.3 is 9.73 Å². The van der Waals surface area contributed by atoms with Crippen molar-refractivity contribution in [2.75, 3.05) is 6.54 Å². The van der Waals surface area contributed by atoms with Gasteiger partial charge in [0, 0.05) is 12.5 Å². The molecule has 0 radical (unpaired) electrons. The lowest BCUT2D eigenvalue weighted by Crippen LogP contribution is -2.31. The van der Waals surface area contributed by atoms with Crippen molar-refractivity contribution in [2.45, 2.75) is 32.7 Å². The van der Waals surface area contributed by atoms with Gasteiger partial charge in [0.2, 0.25) is 0 Å². The lowest BCUT2D eigenvalue weighted by molar-refractivity contribution is 0.402. The van der Waals surface area contributed by atoms with Crippen LogP contribution in [-0.4, -0.2) is 12.6 Å². The summed E-state index contributed by atoms with van der Waals surface area (Å²) in [5, 5.41) is 3.54. The predicted octanol–water partition coefficient (Wildman–Crippen LogP) is 3.68. The maximum atomic E-state index is 5.48. The molecule has 0 fully saturated rings. The molecule has 2 heteroatoms. The molecule has 0 amide bonds. The first-order chi connectivity index (χ1) is 9.24. The Labute approximate surface area is 115 Å². The fourth-order valence-corrected chi connectivity index (χ4v) is 2.28. The summed E-state index contributed by atoms with van der Waals surface area (Å²) in [5.41, 5.74) is 1.39. The zero-order valence-electron chi connectivity index (χ0n) is 11.8. The zero-order valence-corrected chi connectivity index (χ0v) is 11.8. The highest BCUT2D eigenvalue weighted by molar-refractivity contribution is 5.16. The van der Waals surface area contributed by atoms with E-state index in [9.17, 15) is 0 Å². The number of hydrogen-bond donors (Lipinski definition) is 1. The molecule has 1 atom stereocenters. The number of nitrogens with one attached hydrogen (secondary N) is 1. The second kappa shape index (κ2) is 7.15. The molecule has 0 saturated carbocycles. The number of furan rings is 1. The molecule has 0 saturated heterocycles. The third-order valence-corrected chi connectivity index (χ3v) is 3.25. The van der Waals surface area contributed by atoms with Gasteiger partial charge in [-0.25, -0.2) is 0 Å². The van der Waals surface area contributed by atoms with Gasteiger partial charge in [-0.05, 0) is 36.6 Å². The Kier molecular flexibility index (Phi) is 5.22. The molecule has 1 heterocycles. The van der Waals surface area contributed by atoms with Crippen molar-refractivity contribution in [1.29, 1.82) is 0 Å². The summed E-state index contributed by atoms with van der Waals surface area (Å²) < 4.78 is 5.48. The van der Waals surface area contributed by atoms with Gasteiger partial charge in [-0.1, -0.05) is 44.2 Å². The molecule has 1 unspecified atom stereocenters. The molecule has 2 nitrogen and oxygen atoms in total. The van der Waals surface area contributed by atoms with Crippen molar-refractivity contribution in [3.05, 3.63) is 60.1 Å². The van der Waals surface area contributed by atoms with Gasteiger partial charge in [0.15, 0.2) is 0 Å². The lowest BCUT2D eigenvalue weighted by atomic mass is 9.95. The molecule has 0 spiro atoms. The minimum Gasteiger partial charge on any atom is -0.469 e. The van der Waals surface area contributed by atoms with Crippen LogP contribution in [0.15, 0.2) is 53.1 Å². The molecule has 19 heavy (non-hydrogen) atoms. The Hall–Kier alpha value is -1.54. The van der Waals surface area contributed by atoms with E-state index >= 15 is 0 Å². The normalized spacial score (nSPS) is 12.8. The third-order valence-electron chi connectivity index (χ3n) is 3.25. The van der Waals surface area contributed by atoms with E-state index in [1.165, 1.54) is 5.56 Å². The maximum absolute atomic E-state index is 5.48. The average Bonchev–Trinajstić information content (AvgIpc) is 2.90. The molecule has 0 aliphatic rings.